The molecular weight excluding hydrogens is 313 g/mol. The average molecular weight is 336 g/mol. The van der Waals surface area contributed by atoms with Gasteiger partial charge in [-0.25, -0.2) is 0 Å². The van der Waals surface area contributed by atoms with E-state index in [9.17, 15) is 4.79 Å². The van der Waals surface area contributed by atoms with Crippen LogP contribution in [0.4, 0.5) is 5.82 Å². The van der Waals surface area contributed by atoms with Crippen molar-refractivity contribution in [3.05, 3.63) is 17.8 Å². The molecule has 1 aromatic rings. The Labute approximate surface area is 137 Å². The number of nitrogens with zero attached hydrogens (tertiary/aromatic N) is 4. The van der Waals surface area contributed by atoms with Crippen molar-refractivity contribution in [2.45, 2.75) is 25.8 Å². The van der Waals surface area contributed by atoms with E-state index in [1.54, 1.807) is 18.0 Å². The number of carbonyl (C=O) groups excluding carboxylic acids is 1. The number of nitrogens with two attached hydrogens (primary N) is 1. The third kappa shape index (κ3) is 4.69. The lowest BCUT2D eigenvalue weighted by molar-refractivity contribution is 0.0741. The molecule has 8 heteroatoms. The summed E-state index contributed by atoms with van der Waals surface area (Å²) in [4.78, 5) is 15.9. The van der Waals surface area contributed by atoms with E-state index in [1.807, 2.05) is 13.0 Å². The first kappa shape index (κ1) is 19.9. The third-order valence-electron chi connectivity index (χ3n) is 3.62. The second-order valence-corrected chi connectivity index (χ2v) is 4.97. The van der Waals surface area contributed by atoms with Gasteiger partial charge in [0.25, 0.3) is 5.91 Å². The number of carbonyl (C=O) groups is 1. The van der Waals surface area contributed by atoms with Gasteiger partial charge in [-0.1, -0.05) is 0 Å². The minimum Gasteiger partial charge on any atom is -0.355 e. The summed E-state index contributed by atoms with van der Waals surface area (Å²) in [6.07, 6.45) is 2.39. The number of anilines is 1. The molecule has 0 aromatic carbocycles. The summed E-state index contributed by atoms with van der Waals surface area (Å²) in [5.41, 5.74) is 5.93. The van der Waals surface area contributed by atoms with Crippen LogP contribution in [0.1, 0.15) is 30.3 Å². The molecule has 1 atom stereocenters. The first-order valence-corrected chi connectivity index (χ1v) is 6.69. The molecule has 2 rings (SSSR count). The van der Waals surface area contributed by atoms with Crippen molar-refractivity contribution < 1.29 is 4.79 Å². The van der Waals surface area contributed by atoms with Crippen LogP contribution in [-0.2, 0) is 0 Å². The lowest BCUT2D eigenvalue weighted by Crippen LogP contribution is -2.40. The van der Waals surface area contributed by atoms with Crippen LogP contribution < -0.4 is 10.6 Å². The maximum absolute atomic E-state index is 12.1. The Morgan fingerprint density at radius 1 is 1.33 bits per heavy atom. The van der Waals surface area contributed by atoms with E-state index in [0.29, 0.717) is 12.2 Å². The van der Waals surface area contributed by atoms with Crippen LogP contribution in [-0.4, -0.2) is 53.7 Å². The maximum Gasteiger partial charge on any atom is 0.274 e. The highest BCUT2D eigenvalue weighted by atomic mass is 35.5. The van der Waals surface area contributed by atoms with Gasteiger partial charge in [-0.05, 0) is 31.9 Å². The third-order valence-corrected chi connectivity index (χ3v) is 3.62. The Hall–Kier alpha value is -1.11. The number of rotatable bonds is 4. The normalized spacial score (nSPS) is 14.9. The predicted octanol–water partition coefficient (Wildman–Crippen LogP) is 1.34. The van der Waals surface area contributed by atoms with Crippen molar-refractivity contribution in [3.63, 3.8) is 0 Å². The van der Waals surface area contributed by atoms with Crippen molar-refractivity contribution in [2.75, 3.05) is 31.6 Å². The van der Waals surface area contributed by atoms with Gasteiger partial charge < -0.3 is 15.5 Å². The summed E-state index contributed by atoms with van der Waals surface area (Å²) in [6.45, 7) is 4.38. The Balaban J connectivity index is 0.00000200. The predicted molar refractivity (Wildman–Crippen MR) is 88.6 cm³/mol. The highest BCUT2D eigenvalue weighted by Gasteiger charge is 2.19. The van der Waals surface area contributed by atoms with E-state index in [-0.39, 0.29) is 36.8 Å². The summed E-state index contributed by atoms with van der Waals surface area (Å²) >= 11 is 0. The fraction of sp³-hybridized carbons (Fsp3) is 0.615. The van der Waals surface area contributed by atoms with E-state index in [2.05, 4.69) is 15.1 Å². The van der Waals surface area contributed by atoms with Crippen molar-refractivity contribution in [2.24, 2.45) is 5.73 Å². The van der Waals surface area contributed by atoms with Crippen LogP contribution in [0.5, 0.6) is 0 Å². The van der Waals surface area contributed by atoms with Gasteiger partial charge in [0, 0.05) is 32.7 Å². The molecule has 0 bridgehead atoms. The smallest absolute Gasteiger partial charge is 0.274 e. The molecule has 0 saturated carbocycles. The Morgan fingerprint density at radius 3 is 2.43 bits per heavy atom. The molecule has 1 aliphatic rings. The van der Waals surface area contributed by atoms with E-state index in [0.717, 1.165) is 18.9 Å². The number of likely N-dealkylation sites (N-methyl/N-ethyl adjacent to an activating group) is 1. The molecule has 21 heavy (non-hydrogen) atoms. The van der Waals surface area contributed by atoms with E-state index in [1.165, 1.54) is 12.8 Å². The summed E-state index contributed by atoms with van der Waals surface area (Å²) in [5.74, 6) is 0.710. The second kappa shape index (κ2) is 9.02. The summed E-state index contributed by atoms with van der Waals surface area (Å²) in [7, 11) is 1.73. The molecule has 2 N–H and O–H groups in total. The maximum atomic E-state index is 12.1. The van der Waals surface area contributed by atoms with Crippen molar-refractivity contribution in [1.29, 1.82) is 0 Å². The molecule has 0 aliphatic carbocycles. The van der Waals surface area contributed by atoms with Gasteiger partial charge in [0.2, 0.25) is 0 Å². The highest BCUT2D eigenvalue weighted by Crippen LogP contribution is 2.16. The van der Waals surface area contributed by atoms with Crippen LogP contribution in [0.15, 0.2) is 12.1 Å². The van der Waals surface area contributed by atoms with Crippen LogP contribution in [0.2, 0.25) is 0 Å². The number of amides is 1. The largest absolute Gasteiger partial charge is 0.355 e. The van der Waals surface area contributed by atoms with Crippen molar-refractivity contribution >= 4 is 36.5 Å². The first-order chi connectivity index (χ1) is 9.13. The van der Waals surface area contributed by atoms with Crippen LogP contribution in [0, 0.1) is 0 Å². The van der Waals surface area contributed by atoms with E-state index >= 15 is 0 Å². The minimum atomic E-state index is -0.140. The Bertz CT molecular complexity index is 437. The molecule has 1 aliphatic heterocycles. The molecule has 6 nitrogen and oxygen atoms in total. The van der Waals surface area contributed by atoms with Gasteiger partial charge in [-0.3, -0.25) is 4.79 Å². The Morgan fingerprint density at radius 2 is 1.95 bits per heavy atom. The molecule has 120 valence electrons. The monoisotopic (exact) mass is 335 g/mol. The standard InChI is InChI=1S/C13H21N5O.2ClH/c1-10(9-14)17(2)13(19)11-5-6-12(16-15-11)18-7-3-4-8-18;;/h5-6,10H,3-4,7-9,14H2,1-2H3;2*1H. The van der Waals surface area contributed by atoms with Gasteiger partial charge in [0.05, 0.1) is 0 Å². The first-order valence-electron chi connectivity index (χ1n) is 6.69. The lowest BCUT2D eigenvalue weighted by Gasteiger charge is -2.23. The average Bonchev–Trinajstić information content (AvgIpc) is 2.99. The van der Waals surface area contributed by atoms with Gasteiger partial charge in [0.15, 0.2) is 11.5 Å². The fourth-order valence-electron chi connectivity index (χ4n) is 2.09. The molecule has 1 unspecified atom stereocenters. The molecule has 0 radical (unpaired) electrons. The van der Waals surface area contributed by atoms with E-state index in [4.69, 9.17) is 5.73 Å². The van der Waals surface area contributed by atoms with Crippen LogP contribution in [0.3, 0.4) is 0 Å². The molecule has 1 fully saturated rings. The molecular formula is C13H23Cl2N5O. The molecule has 1 aromatic heterocycles. The van der Waals surface area contributed by atoms with Crippen LogP contribution >= 0.6 is 24.8 Å². The lowest BCUT2D eigenvalue weighted by atomic mass is 10.2. The van der Waals surface area contributed by atoms with Gasteiger partial charge in [-0.15, -0.1) is 35.0 Å². The molecule has 1 saturated heterocycles. The zero-order valence-corrected chi connectivity index (χ0v) is 14.0. The number of hydrogen-bond donors (Lipinski definition) is 1. The van der Waals surface area contributed by atoms with E-state index < -0.39 is 0 Å². The zero-order valence-electron chi connectivity index (χ0n) is 12.4. The molecule has 0 spiro atoms. The summed E-state index contributed by atoms with van der Waals surface area (Å²) in [6, 6.07) is 3.60. The highest BCUT2D eigenvalue weighted by molar-refractivity contribution is 5.92. The second-order valence-electron chi connectivity index (χ2n) is 4.97. The molecule has 1 amide bonds. The minimum absolute atomic E-state index is 0. The SMILES string of the molecule is CC(CN)N(C)C(=O)c1ccc(N2CCCC2)nn1.Cl.Cl. The van der Waals surface area contributed by atoms with Crippen LogP contribution in [0.25, 0.3) is 0 Å². The van der Waals surface area contributed by atoms with Crippen molar-refractivity contribution in [3.8, 4) is 0 Å². The molecule has 2 heterocycles. The fourth-order valence-corrected chi connectivity index (χ4v) is 2.09. The topological polar surface area (TPSA) is 75.3 Å². The summed E-state index contributed by atoms with van der Waals surface area (Å²) < 4.78 is 0. The van der Waals surface area contributed by atoms with Crippen molar-refractivity contribution in [1.82, 2.24) is 15.1 Å². The van der Waals surface area contributed by atoms with Gasteiger partial charge in [0.1, 0.15) is 0 Å². The number of halogens is 2. The van der Waals surface area contributed by atoms with Gasteiger partial charge >= 0.3 is 0 Å². The summed E-state index contributed by atoms with van der Waals surface area (Å²) in [5, 5.41) is 8.18. The quantitative estimate of drug-likeness (QED) is 0.898. The number of hydrogen-bond acceptors (Lipinski definition) is 5. The zero-order chi connectivity index (χ0) is 13.8. The number of aromatic nitrogens is 2. The Kier molecular flexibility index (Phi) is 8.54. The van der Waals surface area contributed by atoms with Gasteiger partial charge in [-0.2, -0.15) is 0 Å².